The summed E-state index contributed by atoms with van der Waals surface area (Å²) in [4.78, 5) is 13.3. The number of hydrogen-bond acceptors (Lipinski definition) is 4. The number of amides is 1. The van der Waals surface area contributed by atoms with Gasteiger partial charge in [-0.1, -0.05) is 51.8 Å². The number of ether oxygens (including phenoxy) is 1. The van der Waals surface area contributed by atoms with E-state index >= 15 is 0 Å². The van der Waals surface area contributed by atoms with Crippen LogP contribution in [0.2, 0.25) is 5.02 Å². The smallest absolute Gasteiger partial charge is 0.266 e. The van der Waals surface area contributed by atoms with Crippen molar-refractivity contribution in [3.05, 3.63) is 96.7 Å². The first-order chi connectivity index (χ1) is 15.4. The van der Waals surface area contributed by atoms with E-state index in [1.165, 1.54) is 16.9 Å². The highest BCUT2D eigenvalue weighted by atomic mass is 79.9. The highest BCUT2D eigenvalue weighted by Crippen LogP contribution is 2.25. The van der Waals surface area contributed by atoms with Crippen LogP contribution in [0.3, 0.4) is 0 Å². The minimum absolute atomic E-state index is 0.247. The molecule has 1 amide bonds. The third-order valence-electron chi connectivity index (χ3n) is 5.03. The summed E-state index contributed by atoms with van der Waals surface area (Å²) in [5.41, 5.74) is 4.32. The molecule has 4 rings (SSSR count). The van der Waals surface area contributed by atoms with E-state index in [2.05, 4.69) is 39.3 Å². The van der Waals surface area contributed by atoms with Gasteiger partial charge in [-0.3, -0.25) is 9.48 Å². The number of benzene rings is 2. The van der Waals surface area contributed by atoms with Crippen LogP contribution >= 0.6 is 38.9 Å². The van der Waals surface area contributed by atoms with Gasteiger partial charge < -0.3 is 10.1 Å². The number of carbonyl (C=O) groups excluding carboxylic acids is 1. The Hall–Kier alpha value is -2.61. The van der Waals surface area contributed by atoms with Crippen molar-refractivity contribution in [2.45, 2.75) is 27.0 Å². The van der Waals surface area contributed by atoms with Crippen LogP contribution < -0.4 is 10.1 Å². The molecule has 5 nitrogen and oxygen atoms in total. The van der Waals surface area contributed by atoms with E-state index in [4.69, 9.17) is 16.3 Å². The van der Waals surface area contributed by atoms with Crippen LogP contribution in [0, 0.1) is 13.8 Å². The van der Waals surface area contributed by atoms with Gasteiger partial charge >= 0.3 is 0 Å². The molecule has 8 heteroatoms. The van der Waals surface area contributed by atoms with Crippen LogP contribution in [0.25, 0.3) is 0 Å². The first-order valence-corrected chi connectivity index (χ1v) is 12.0. The molecule has 1 N–H and O–H groups in total. The topological polar surface area (TPSA) is 56.1 Å². The van der Waals surface area contributed by atoms with Crippen molar-refractivity contribution in [1.82, 2.24) is 9.78 Å². The van der Waals surface area contributed by atoms with Crippen molar-refractivity contribution in [2.75, 3.05) is 5.32 Å². The fourth-order valence-corrected chi connectivity index (χ4v) is 4.37. The predicted molar refractivity (Wildman–Crippen MR) is 133 cm³/mol. The summed E-state index contributed by atoms with van der Waals surface area (Å²) in [7, 11) is 0. The summed E-state index contributed by atoms with van der Waals surface area (Å²) in [6, 6.07) is 15.8. The van der Waals surface area contributed by atoms with E-state index < -0.39 is 0 Å². The zero-order valence-electron chi connectivity index (χ0n) is 17.6. The standard InChI is InChI=1S/C24H21BrClN3O2S/c1-15-4-3-5-21(16(15)2)31-13-18-10-22(32-14-18)24(30)27-23-20(26)12-29(28-23)11-17-6-8-19(25)9-7-17/h3-10,12,14H,11,13H2,1-2H3,(H,27,28,30). The molecule has 0 aliphatic heterocycles. The number of nitrogens with one attached hydrogen (secondary N) is 1. The molecule has 0 saturated heterocycles. The monoisotopic (exact) mass is 529 g/mol. The maximum atomic E-state index is 12.7. The second-order valence-electron chi connectivity index (χ2n) is 7.41. The summed E-state index contributed by atoms with van der Waals surface area (Å²) in [5.74, 6) is 0.949. The Labute approximate surface area is 204 Å². The van der Waals surface area contributed by atoms with Crippen LogP contribution in [-0.2, 0) is 13.2 Å². The number of nitrogens with zero attached hydrogens (tertiary/aromatic N) is 2. The van der Waals surface area contributed by atoms with Crippen molar-refractivity contribution in [3.8, 4) is 5.75 Å². The molecule has 2 aromatic carbocycles. The number of thiophene rings is 1. The number of aryl methyl sites for hydroxylation is 1. The van der Waals surface area contributed by atoms with E-state index in [1.54, 1.807) is 10.9 Å². The van der Waals surface area contributed by atoms with E-state index in [0.717, 1.165) is 26.9 Å². The van der Waals surface area contributed by atoms with Gasteiger partial charge in [0.1, 0.15) is 17.4 Å². The Morgan fingerprint density at radius 3 is 2.75 bits per heavy atom. The number of aromatic nitrogens is 2. The lowest BCUT2D eigenvalue weighted by molar-refractivity contribution is 0.103. The molecule has 0 bridgehead atoms. The SMILES string of the molecule is Cc1cccc(OCc2csc(C(=O)Nc3nn(Cc4ccc(Br)cc4)cc3Cl)c2)c1C. The zero-order chi connectivity index (χ0) is 22.7. The van der Waals surface area contributed by atoms with Crippen LogP contribution in [0.5, 0.6) is 5.75 Å². The Kier molecular flexibility index (Phi) is 6.98. The molecule has 2 aromatic heterocycles. The van der Waals surface area contributed by atoms with Crippen molar-refractivity contribution in [1.29, 1.82) is 0 Å². The molecule has 32 heavy (non-hydrogen) atoms. The van der Waals surface area contributed by atoms with Gasteiger partial charge in [0, 0.05) is 16.2 Å². The van der Waals surface area contributed by atoms with Gasteiger partial charge in [-0.25, -0.2) is 0 Å². The number of halogens is 2. The van der Waals surface area contributed by atoms with Crippen molar-refractivity contribution >= 4 is 50.6 Å². The molecule has 0 spiro atoms. The molecule has 0 atom stereocenters. The van der Waals surface area contributed by atoms with Crippen molar-refractivity contribution in [3.63, 3.8) is 0 Å². The Balaban J connectivity index is 1.38. The Morgan fingerprint density at radius 1 is 1.19 bits per heavy atom. The molecule has 2 heterocycles. The van der Waals surface area contributed by atoms with Gasteiger partial charge in [-0.15, -0.1) is 11.3 Å². The van der Waals surface area contributed by atoms with Gasteiger partial charge in [0.25, 0.3) is 5.91 Å². The summed E-state index contributed by atoms with van der Waals surface area (Å²) < 4.78 is 8.66. The summed E-state index contributed by atoms with van der Waals surface area (Å²) in [5, 5.41) is 9.54. The third kappa shape index (κ3) is 5.41. The molecule has 4 aromatic rings. The van der Waals surface area contributed by atoms with Crippen LogP contribution in [0.15, 0.2) is 64.6 Å². The van der Waals surface area contributed by atoms with Crippen LogP contribution in [0.1, 0.15) is 31.9 Å². The molecule has 0 unspecified atom stereocenters. The van der Waals surface area contributed by atoms with E-state index in [0.29, 0.717) is 28.9 Å². The lowest BCUT2D eigenvalue weighted by atomic mass is 10.1. The van der Waals surface area contributed by atoms with Crippen LogP contribution in [0.4, 0.5) is 5.82 Å². The van der Waals surface area contributed by atoms with Gasteiger partial charge in [0.15, 0.2) is 5.82 Å². The normalized spacial score (nSPS) is 10.9. The molecule has 0 saturated carbocycles. The lowest BCUT2D eigenvalue weighted by Crippen LogP contribution is -2.11. The molecular weight excluding hydrogens is 510 g/mol. The Morgan fingerprint density at radius 2 is 1.97 bits per heavy atom. The summed E-state index contributed by atoms with van der Waals surface area (Å²) >= 11 is 11.1. The Bertz CT molecular complexity index is 1250. The van der Waals surface area contributed by atoms with Gasteiger partial charge in [0.05, 0.1) is 11.4 Å². The molecule has 0 aliphatic carbocycles. The van der Waals surface area contributed by atoms with E-state index in [9.17, 15) is 4.79 Å². The highest BCUT2D eigenvalue weighted by molar-refractivity contribution is 9.10. The second-order valence-corrected chi connectivity index (χ2v) is 9.64. The molecule has 0 radical (unpaired) electrons. The highest BCUT2D eigenvalue weighted by Gasteiger charge is 2.15. The fraction of sp³-hybridized carbons (Fsp3) is 0.167. The van der Waals surface area contributed by atoms with Gasteiger partial charge in [-0.05, 0) is 60.2 Å². The van der Waals surface area contributed by atoms with E-state index in [1.807, 2.05) is 54.8 Å². The summed E-state index contributed by atoms with van der Waals surface area (Å²) in [6.07, 6.45) is 1.71. The molecular formula is C24H21BrClN3O2S. The minimum Gasteiger partial charge on any atom is -0.489 e. The number of anilines is 1. The second kappa shape index (κ2) is 9.90. The van der Waals surface area contributed by atoms with Crippen molar-refractivity contribution < 1.29 is 9.53 Å². The quantitative estimate of drug-likeness (QED) is 0.284. The zero-order valence-corrected chi connectivity index (χ0v) is 20.7. The summed E-state index contributed by atoms with van der Waals surface area (Å²) in [6.45, 7) is 5.05. The van der Waals surface area contributed by atoms with E-state index in [-0.39, 0.29) is 5.91 Å². The number of hydrogen-bond donors (Lipinski definition) is 1. The molecule has 164 valence electrons. The first kappa shape index (κ1) is 22.6. The predicted octanol–water partition coefficient (Wildman–Crippen LogP) is 6.86. The maximum absolute atomic E-state index is 12.7. The maximum Gasteiger partial charge on any atom is 0.266 e. The average molecular weight is 531 g/mol. The fourth-order valence-electron chi connectivity index (χ4n) is 3.12. The van der Waals surface area contributed by atoms with Gasteiger partial charge in [0.2, 0.25) is 0 Å². The molecule has 0 aliphatic rings. The minimum atomic E-state index is -0.247. The number of carbonyl (C=O) groups is 1. The van der Waals surface area contributed by atoms with Crippen LogP contribution in [-0.4, -0.2) is 15.7 Å². The number of rotatable bonds is 7. The van der Waals surface area contributed by atoms with Gasteiger partial charge in [-0.2, -0.15) is 5.10 Å². The first-order valence-electron chi connectivity index (χ1n) is 9.94. The lowest BCUT2D eigenvalue weighted by Gasteiger charge is -2.09. The third-order valence-corrected chi connectivity index (χ3v) is 6.82. The average Bonchev–Trinajstić information content (AvgIpc) is 3.37. The van der Waals surface area contributed by atoms with Crippen molar-refractivity contribution in [2.24, 2.45) is 0 Å². The largest absolute Gasteiger partial charge is 0.489 e. The molecule has 0 fully saturated rings.